The minimum atomic E-state index is -0.341. The summed E-state index contributed by atoms with van der Waals surface area (Å²) in [6.45, 7) is 1.29. The Balaban J connectivity index is 1.59. The maximum atomic E-state index is 12.9. The number of hydrogen-bond donors (Lipinski definition) is 0. The van der Waals surface area contributed by atoms with Crippen LogP contribution < -0.4 is 9.64 Å². The van der Waals surface area contributed by atoms with E-state index in [1.165, 1.54) is 24.3 Å². The van der Waals surface area contributed by atoms with Crippen molar-refractivity contribution >= 4 is 11.7 Å². The van der Waals surface area contributed by atoms with Crippen LogP contribution in [0.5, 0.6) is 5.75 Å². The lowest BCUT2D eigenvalue weighted by Crippen LogP contribution is -2.44. The number of halogens is 1. The van der Waals surface area contributed by atoms with E-state index in [0.29, 0.717) is 25.4 Å². The van der Waals surface area contributed by atoms with Crippen LogP contribution in [0.2, 0.25) is 0 Å². The summed E-state index contributed by atoms with van der Waals surface area (Å²) < 4.78 is 24.1. The first kappa shape index (κ1) is 18.1. The first-order valence-corrected chi connectivity index (χ1v) is 8.45. The number of amides is 1. The first-order valence-electron chi connectivity index (χ1n) is 8.45. The fourth-order valence-electron chi connectivity index (χ4n) is 2.69. The molecule has 0 saturated carbocycles. The summed E-state index contributed by atoms with van der Waals surface area (Å²) in [6.07, 6.45) is -0.265. The zero-order valence-corrected chi connectivity index (χ0v) is 14.9. The number of ether oxygens (including phenoxy) is 2. The highest BCUT2D eigenvalue weighted by molar-refractivity contribution is 5.78. The molecule has 2 aromatic rings. The lowest BCUT2D eigenvalue weighted by atomic mass is 10.2. The average Bonchev–Trinajstić information content (AvgIpc) is 2.67. The number of rotatable bonds is 5. The van der Waals surface area contributed by atoms with Crippen molar-refractivity contribution in [2.45, 2.75) is 6.10 Å². The molecule has 1 aromatic heterocycles. The van der Waals surface area contributed by atoms with E-state index in [4.69, 9.17) is 9.47 Å². The van der Waals surface area contributed by atoms with Crippen LogP contribution >= 0.6 is 0 Å². The Kier molecular flexibility index (Phi) is 5.68. The van der Waals surface area contributed by atoms with Crippen LogP contribution in [0.1, 0.15) is 11.8 Å². The Labute approximate surface area is 152 Å². The van der Waals surface area contributed by atoms with Crippen molar-refractivity contribution in [3.8, 4) is 5.75 Å². The predicted octanol–water partition coefficient (Wildman–Crippen LogP) is 2.27. The molecule has 0 bridgehead atoms. The molecule has 0 N–H and O–H groups in total. The summed E-state index contributed by atoms with van der Waals surface area (Å²) in [7, 11) is 3.85. The molecular weight excluding hydrogens is 337 g/mol. The molecule has 1 unspecified atom stereocenters. The van der Waals surface area contributed by atoms with Gasteiger partial charge in [-0.15, -0.1) is 0 Å². The van der Waals surface area contributed by atoms with Crippen molar-refractivity contribution in [2.75, 3.05) is 45.3 Å². The standard InChI is InChI=1S/C19H22FN3O3/c1-22(2)18-5-3-4-16(21-18)17-12-23(10-11-25-17)19(24)13-26-15-8-6-14(20)7-9-15/h3-9,17H,10-13H2,1-2H3. The quantitative estimate of drug-likeness (QED) is 0.820. The van der Waals surface area contributed by atoms with Crippen molar-refractivity contribution in [3.63, 3.8) is 0 Å². The van der Waals surface area contributed by atoms with Crippen LogP contribution in [0.3, 0.4) is 0 Å². The van der Waals surface area contributed by atoms with Gasteiger partial charge in [-0.1, -0.05) is 6.07 Å². The topological polar surface area (TPSA) is 54.9 Å². The minimum absolute atomic E-state index is 0.0937. The van der Waals surface area contributed by atoms with Crippen molar-refractivity contribution < 1.29 is 18.7 Å². The third-order valence-corrected chi connectivity index (χ3v) is 4.14. The molecule has 6 nitrogen and oxygen atoms in total. The van der Waals surface area contributed by atoms with Crippen molar-refractivity contribution in [1.29, 1.82) is 0 Å². The normalized spacial score (nSPS) is 17.0. The van der Waals surface area contributed by atoms with Gasteiger partial charge in [-0.05, 0) is 36.4 Å². The molecule has 0 spiro atoms. The molecule has 7 heteroatoms. The number of nitrogens with zero attached hydrogens (tertiary/aromatic N) is 3. The van der Waals surface area contributed by atoms with E-state index in [1.54, 1.807) is 4.90 Å². The summed E-state index contributed by atoms with van der Waals surface area (Å²) in [5.41, 5.74) is 0.799. The molecule has 1 fully saturated rings. The number of benzene rings is 1. The third-order valence-electron chi connectivity index (χ3n) is 4.14. The van der Waals surface area contributed by atoms with Gasteiger partial charge >= 0.3 is 0 Å². The molecule has 1 atom stereocenters. The lowest BCUT2D eigenvalue weighted by molar-refractivity contribution is -0.141. The average molecular weight is 359 g/mol. The smallest absolute Gasteiger partial charge is 0.260 e. The maximum absolute atomic E-state index is 12.9. The van der Waals surface area contributed by atoms with Gasteiger partial charge in [-0.25, -0.2) is 9.37 Å². The Bertz CT molecular complexity index is 752. The second-order valence-corrected chi connectivity index (χ2v) is 6.26. The van der Waals surface area contributed by atoms with Gasteiger partial charge < -0.3 is 19.3 Å². The van der Waals surface area contributed by atoms with E-state index in [9.17, 15) is 9.18 Å². The molecule has 1 saturated heterocycles. The molecule has 138 valence electrons. The highest BCUT2D eigenvalue weighted by Crippen LogP contribution is 2.22. The summed E-state index contributed by atoms with van der Waals surface area (Å²) in [5, 5.41) is 0. The predicted molar refractivity (Wildman–Crippen MR) is 95.7 cm³/mol. The van der Waals surface area contributed by atoms with Crippen LogP contribution in [-0.2, 0) is 9.53 Å². The van der Waals surface area contributed by atoms with Gasteiger partial charge in [-0.2, -0.15) is 0 Å². The summed E-state index contributed by atoms with van der Waals surface area (Å²) >= 11 is 0. The highest BCUT2D eigenvalue weighted by atomic mass is 19.1. The largest absolute Gasteiger partial charge is 0.484 e. The van der Waals surface area contributed by atoms with E-state index in [2.05, 4.69) is 4.98 Å². The number of hydrogen-bond acceptors (Lipinski definition) is 5. The van der Waals surface area contributed by atoms with E-state index >= 15 is 0 Å². The number of morpholine rings is 1. The van der Waals surface area contributed by atoms with Gasteiger partial charge in [0.05, 0.1) is 18.8 Å². The molecule has 3 rings (SSSR count). The first-order chi connectivity index (χ1) is 12.5. The minimum Gasteiger partial charge on any atom is -0.484 e. The Morgan fingerprint density at radius 1 is 1.31 bits per heavy atom. The van der Waals surface area contributed by atoms with Crippen LogP contribution in [0.15, 0.2) is 42.5 Å². The van der Waals surface area contributed by atoms with Crippen molar-refractivity contribution in [3.05, 3.63) is 54.0 Å². The Morgan fingerprint density at radius 3 is 2.81 bits per heavy atom. The fraction of sp³-hybridized carbons (Fsp3) is 0.368. The molecule has 1 aliphatic heterocycles. The van der Waals surface area contributed by atoms with Crippen LogP contribution in [0.25, 0.3) is 0 Å². The second kappa shape index (κ2) is 8.14. The zero-order chi connectivity index (χ0) is 18.5. The van der Waals surface area contributed by atoms with Crippen molar-refractivity contribution in [1.82, 2.24) is 9.88 Å². The van der Waals surface area contributed by atoms with E-state index < -0.39 is 0 Å². The SMILES string of the molecule is CN(C)c1cccc(C2CN(C(=O)COc3ccc(F)cc3)CCO2)n1. The summed E-state index contributed by atoms with van der Waals surface area (Å²) in [6, 6.07) is 11.4. The highest BCUT2D eigenvalue weighted by Gasteiger charge is 2.26. The van der Waals surface area contributed by atoms with Gasteiger partial charge in [0.15, 0.2) is 6.61 Å². The van der Waals surface area contributed by atoms with Gasteiger partial charge in [0, 0.05) is 20.6 Å². The van der Waals surface area contributed by atoms with Gasteiger partial charge in [-0.3, -0.25) is 4.79 Å². The Morgan fingerprint density at radius 2 is 2.08 bits per heavy atom. The summed E-state index contributed by atoms with van der Waals surface area (Å²) in [5.74, 6) is 0.831. The lowest BCUT2D eigenvalue weighted by Gasteiger charge is -2.32. The Hall–Kier alpha value is -2.67. The van der Waals surface area contributed by atoms with Gasteiger partial charge in [0.25, 0.3) is 5.91 Å². The van der Waals surface area contributed by atoms with Crippen LogP contribution in [0.4, 0.5) is 10.2 Å². The molecule has 1 aromatic carbocycles. The number of aromatic nitrogens is 1. The number of anilines is 1. The van der Waals surface area contributed by atoms with E-state index in [0.717, 1.165) is 11.5 Å². The van der Waals surface area contributed by atoms with Gasteiger partial charge in [0.2, 0.25) is 0 Å². The molecule has 0 radical (unpaired) electrons. The molecular formula is C19H22FN3O3. The monoisotopic (exact) mass is 359 g/mol. The number of carbonyl (C=O) groups excluding carboxylic acids is 1. The number of carbonyl (C=O) groups is 1. The van der Waals surface area contributed by atoms with E-state index in [-0.39, 0.29) is 24.4 Å². The van der Waals surface area contributed by atoms with E-state index in [1.807, 2.05) is 37.2 Å². The van der Waals surface area contributed by atoms with Gasteiger partial charge in [0.1, 0.15) is 23.5 Å². The molecule has 1 amide bonds. The maximum Gasteiger partial charge on any atom is 0.260 e. The fourth-order valence-corrected chi connectivity index (χ4v) is 2.69. The molecule has 2 heterocycles. The molecule has 26 heavy (non-hydrogen) atoms. The van der Waals surface area contributed by atoms with Crippen LogP contribution in [0, 0.1) is 5.82 Å². The van der Waals surface area contributed by atoms with Crippen molar-refractivity contribution in [2.24, 2.45) is 0 Å². The summed E-state index contributed by atoms with van der Waals surface area (Å²) in [4.78, 5) is 20.7. The molecule has 1 aliphatic rings. The number of pyridine rings is 1. The second-order valence-electron chi connectivity index (χ2n) is 6.26. The molecule has 0 aliphatic carbocycles. The van der Waals surface area contributed by atoms with Crippen LogP contribution in [-0.4, -0.2) is 56.2 Å². The zero-order valence-electron chi connectivity index (χ0n) is 14.9. The third kappa shape index (κ3) is 4.49.